The Bertz CT molecular complexity index is 2470. The number of para-hydroxylation sites is 1. The molecule has 21 heteroatoms. The van der Waals surface area contributed by atoms with Gasteiger partial charge in [-0.15, -0.1) is 0 Å². The SMILES string of the molecule is COC(=O)c1nc2c(cc1Cl)N1CC[C@@H](C1)N2.COC(=O)c1nc2c(cc1Cl)N1CC[C@@H](C1)N2C(=O)Nc1cc(Br)ccn1.O=C(Nc1cc(Br)ccn1)Oc1ccccc1. The molecular weight excluding hydrogens is 963 g/mol. The van der Waals surface area contributed by atoms with Gasteiger partial charge in [-0.05, 0) is 61.4 Å². The van der Waals surface area contributed by atoms with Gasteiger partial charge in [-0.3, -0.25) is 15.5 Å². The third kappa shape index (κ3) is 10.2. The molecule has 4 aliphatic rings. The minimum atomic E-state index is -0.648. The van der Waals surface area contributed by atoms with E-state index in [-0.39, 0.29) is 28.5 Å². The van der Waals surface area contributed by atoms with Gasteiger partial charge in [0.1, 0.15) is 17.4 Å². The minimum Gasteiger partial charge on any atom is -0.464 e. The molecule has 5 aromatic rings. The summed E-state index contributed by atoms with van der Waals surface area (Å²) in [5.41, 5.74) is 1.84. The van der Waals surface area contributed by atoms with E-state index in [4.69, 9.17) is 32.7 Å². The average Bonchev–Trinajstić information content (AvgIpc) is 3.86. The summed E-state index contributed by atoms with van der Waals surface area (Å²) in [4.78, 5) is 70.7. The van der Waals surface area contributed by atoms with Crippen LogP contribution in [0.15, 0.2) is 88.1 Å². The van der Waals surface area contributed by atoms with Gasteiger partial charge in [0.15, 0.2) is 23.0 Å². The topological polar surface area (TPSA) is 193 Å². The minimum absolute atomic E-state index is 0.0150. The van der Waals surface area contributed by atoms with Crippen molar-refractivity contribution < 1.29 is 33.4 Å². The fourth-order valence-corrected chi connectivity index (χ4v) is 8.04. The van der Waals surface area contributed by atoms with Gasteiger partial charge in [0, 0.05) is 53.6 Å². The number of amides is 3. The van der Waals surface area contributed by atoms with Crippen molar-refractivity contribution in [2.75, 3.05) is 71.0 Å². The molecular formula is C40H36Br2Cl2N10O7. The molecule has 8 heterocycles. The number of ether oxygens (including phenoxy) is 3. The van der Waals surface area contributed by atoms with Crippen molar-refractivity contribution in [3.63, 3.8) is 0 Å². The Labute approximate surface area is 376 Å². The maximum Gasteiger partial charge on any atom is 0.418 e. The molecule has 1 aromatic carbocycles. The number of nitrogens with zero attached hydrogens (tertiary/aromatic N) is 7. The molecule has 4 aromatic heterocycles. The van der Waals surface area contributed by atoms with E-state index in [2.05, 4.69) is 82.3 Å². The van der Waals surface area contributed by atoms with Crippen LogP contribution >= 0.6 is 55.1 Å². The second-order valence-electron chi connectivity index (χ2n) is 13.6. The second kappa shape index (κ2) is 19.3. The Morgan fingerprint density at radius 1 is 0.754 bits per heavy atom. The monoisotopic (exact) mass is 996 g/mol. The van der Waals surface area contributed by atoms with E-state index >= 15 is 0 Å². The van der Waals surface area contributed by atoms with Crippen LogP contribution in [0.4, 0.5) is 44.2 Å². The number of anilines is 6. The van der Waals surface area contributed by atoms with Crippen LogP contribution in [0.5, 0.6) is 5.75 Å². The van der Waals surface area contributed by atoms with Crippen molar-refractivity contribution in [1.29, 1.82) is 0 Å². The number of nitrogens with one attached hydrogen (secondary N) is 3. The lowest BCUT2D eigenvalue weighted by molar-refractivity contribution is 0.0585. The number of hydrogen-bond donors (Lipinski definition) is 3. The van der Waals surface area contributed by atoms with Crippen LogP contribution < -0.4 is 35.4 Å². The van der Waals surface area contributed by atoms with E-state index in [1.807, 2.05) is 6.07 Å². The quantitative estimate of drug-likeness (QED) is 0.142. The number of carbonyl (C=O) groups excluding carboxylic acids is 4. The van der Waals surface area contributed by atoms with E-state index < -0.39 is 18.0 Å². The lowest BCUT2D eigenvalue weighted by Gasteiger charge is -2.35. The zero-order valence-electron chi connectivity index (χ0n) is 32.4. The molecule has 2 saturated heterocycles. The van der Waals surface area contributed by atoms with Gasteiger partial charge in [0.2, 0.25) is 0 Å². The Balaban J connectivity index is 0.000000144. The molecule has 0 aliphatic carbocycles. The predicted molar refractivity (Wildman–Crippen MR) is 237 cm³/mol. The zero-order chi connectivity index (χ0) is 43.2. The summed E-state index contributed by atoms with van der Waals surface area (Å²) >= 11 is 18.9. The van der Waals surface area contributed by atoms with Crippen LogP contribution in [0.1, 0.15) is 33.8 Å². The third-order valence-corrected chi connectivity index (χ3v) is 11.3. The maximum absolute atomic E-state index is 13.0. The summed E-state index contributed by atoms with van der Waals surface area (Å²) in [7, 11) is 2.58. The highest BCUT2D eigenvalue weighted by Crippen LogP contribution is 2.41. The highest BCUT2D eigenvalue weighted by Gasteiger charge is 2.41. The number of urea groups is 1. The Hall–Kier alpha value is -5.76. The van der Waals surface area contributed by atoms with Gasteiger partial charge < -0.3 is 29.3 Å². The summed E-state index contributed by atoms with van der Waals surface area (Å²) in [5.74, 6) is 1.29. The summed E-state index contributed by atoms with van der Waals surface area (Å²) in [6.07, 6.45) is 4.49. The van der Waals surface area contributed by atoms with Gasteiger partial charge in [-0.1, -0.05) is 73.3 Å². The van der Waals surface area contributed by atoms with E-state index in [9.17, 15) is 19.2 Å². The fourth-order valence-electron chi connectivity index (χ4n) is 6.92. The number of benzene rings is 1. The smallest absolute Gasteiger partial charge is 0.418 e. The molecule has 316 valence electrons. The van der Waals surface area contributed by atoms with Crippen LogP contribution in [0.2, 0.25) is 10.0 Å². The number of halogens is 4. The van der Waals surface area contributed by atoms with Crippen LogP contribution in [0.3, 0.4) is 0 Å². The molecule has 0 unspecified atom stereocenters. The molecule has 3 amide bonds. The molecule has 61 heavy (non-hydrogen) atoms. The van der Waals surface area contributed by atoms with Crippen molar-refractivity contribution >= 4 is 114 Å². The van der Waals surface area contributed by atoms with Crippen molar-refractivity contribution in [2.45, 2.75) is 24.9 Å². The number of methoxy groups -OCH3 is 2. The molecule has 2 fully saturated rings. The van der Waals surface area contributed by atoms with E-state index in [1.54, 1.807) is 78.0 Å². The highest BCUT2D eigenvalue weighted by atomic mass is 79.9. The van der Waals surface area contributed by atoms with E-state index in [0.29, 0.717) is 40.8 Å². The van der Waals surface area contributed by atoms with E-state index in [0.717, 1.165) is 58.6 Å². The van der Waals surface area contributed by atoms with Gasteiger partial charge in [0.25, 0.3) is 0 Å². The highest BCUT2D eigenvalue weighted by molar-refractivity contribution is 9.10. The fraction of sp³-hybridized carbons (Fsp3) is 0.250. The number of pyridine rings is 4. The first kappa shape index (κ1) is 43.3. The van der Waals surface area contributed by atoms with Crippen molar-refractivity contribution in [1.82, 2.24) is 19.9 Å². The number of carbonyl (C=O) groups is 4. The summed E-state index contributed by atoms with van der Waals surface area (Å²) in [6, 6.07) is 19.2. The number of aromatic nitrogens is 4. The molecule has 0 radical (unpaired) electrons. The molecule has 3 N–H and O–H groups in total. The van der Waals surface area contributed by atoms with Crippen LogP contribution in [-0.4, -0.2) is 96.5 Å². The molecule has 2 atom stereocenters. The summed E-state index contributed by atoms with van der Waals surface area (Å²) < 4.78 is 16.1. The first-order valence-electron chi connectivity index (χ1n) is 18.6. The number of hydrogen-bond acceptors (Lipinski definition) is 14. The molecule has 0 saturated carbocycles. The summed E-state index contributed by atoms with van der Waals surface area (Å²) in [6.45, 7) is 3.44. The van der Waals surface area contributed by atoms with Crippen LogP contribution in [0, 0.1) is 0 Å². The van der Waals surface area contributed by atoms with Crippen molar-refractivity contribution in [2.24, 2.45) is 0 Å². The predicted octanol–water partition coefficient (Wildman–Crippen LogP) is 8.29. The number of fused-ring (bicyclic) bond motifs is 8. The van der Waals surface area contributed by atoms with Gasteiger partial charge in [0.05, 0.1) is 41.7 Å². The molecule has 4 aliphatic heterocycles. The Morgan fingerprint density at radius 3 is 1.98 bits per heavy atom. The maximum atomic E-state index is 13.0. The molecule has 17 nitrogen and oxygen atoms in total. The largest absolute Gasteiger partial charge is 0.464 e. The first-order valence-corrected chi connectivity index (χ1v) is 21.0. The molecule has 9 rings (SSSR count). The zero-order valence-corrected chi connectivity index (χ0v) is 37.1. The molecule has 4 bridgehead atoms. The normalized spacial score (nSPS) is 16.3. The van der Waals surface area contributed by atoms with E-state index in [1.165, 1.54) is 14.2 Å². The van der Waals surface area contributed by atoms with Crippen LogP contribution in [-0.2, 0) is 9.47 Å². The van der Waals surface area contributed by atoms with Crippen LogP contribution in [0.25, 0.3) is 0 Å². The first-order chi connectivity index (χ1) is 29.4. The number of esters is 2. The van der Waals surface area contributed by atoms with Gasteiger partial charge in [-0.25, -0.2) is 39.1 Å². The number of rotatable bonds is 5. The molecule has 0 spiro atoms. The Morgan fingerprint density at radius 2 is 1.34 bits per heavy atom. The summed E-state index contributed by atoms with van der Waals surface area (Å²) in [5, 5.41) is 9.17. The third-order valence-electron chi connectivity index (χ3n) is 9.70. The lowest BCUT2D eigenvalue weighted by atomic mass is 10.1. The lowest BCUT2D eigenvalue weighted by Crippen LogP contribution is -2.48. The van der Waals surface area contributed by atoms with Gasteiger partial charge in [-0.2, -0.15) is 0 Å². The van der Waals surface area contributed by atoms with Crippen molar-refractivity contribution in [3.8, 4) is 5.75 Å². The Kier molecular flexibility index (Phi) is 13.7. The van der Waals surface area contributed by atoms with Crippen molar-refractivity contribution in [3.05, 3.63) is 110 Å². The standard InChI is InChI=1S/C17H15BrClN5O3.C12H9BrN2O2.C11H12ClN3O2/c1-27-16(25)14-11(19)7-12-15(22-14)24(10-3-5-23(12)8-10)17(26)21-13-6-9(18)2-4-20-13;13-9-6-7-14-11(8-9)15-12(16)17-10-4-2-1-3-5-10;1-17-11(16)9-7(12)4-8-10(14-9)13-6-2-3-15(8)5-6/h2,4,6-7,10H,3,5,8H2,1H3,(H,20,21,26);1-8H,(H,14,15,16);4,6H,2-3,5H2,1H3,(H,13,14)/t10-;;6-/m0.0/s1. The van der Waals surface area contributed by atoms with Gasteiger partial charge >= 0.3 is 24.1 Å². The average molecular weight is 1000 g/mol. The second-order valence-corrected chi connectivity index (χ2v) is 16.3.